The van der Waals surface area contributed by atoms with Gasteiger partial charge in [0.25, 0.3) is 0 Å². The van der Waals surface area contributed by atoms with Crippen LogP contribution in [0, 0.1) is 11.3 Å². The zero-order chi connectivity index (χ0) is 19.8. The van der Waals surface area contributed by atoms with Gasteiger partial charge in [-0.3, -0.25) is 4.90 Å². The van der Waals surface area contributed by atoms with Gasteiger partial charge >= 0.3 is 5.97 Å². The number of ether oxygens (including phenoxy) is 2. The first-order valence-corrected chi connectivity index (χ1v) is 9.56. The van der Waals surface area contributed by atoms with E-state index in [0.29, 0.717) is 0 Å². The minimum absolute atomic E-state index is 0.00241. The molecule has 0 unspecified atom stereocenters. The molecule has 6 nitrogen and oxygen atoms in total. The number of fused-ring (bicyclic) bond motifs is 1. The number of morpholine rings is 1. The van der Waals surface area contributed by atoms with Gasteiger partial charge in [0.2, 0.25) is 0 Å². The number of rotatable bonds is 7. The van der Waals surface area contributed by atoms with E-state index >= 15 is 0 Å². The van der Waals surface area contributed by atoms with Crippen LogP contribution in [0.4, 0.5) is 5.69 Å². The molecule has 0 saturated carbocycles. The Kier molecular flexibility index (Phi) is 7.01. The Morgan fingerprint density at radius 2 is 2.00 bits per heavy atom. The van der Waals surface area contributed by atoms with Gasteiger partial charge in [0.1, 0.15) is 11.6 Å². The van der Waals surface area contributed by atoms with Crippen molar-refractivity contribution in [2.45, 2.75) is 6.92 Å². The molecule has 1 fully saturated rings. The molecule has 2 aromatic rings. The number of benzene rings is 2. The number of nitrogens with zero attached hydrogens (tertiary/aromatic N) is 2. The molecule has 0 amide bonds. The average molecular weight is 379 g/mol. The summed E-state index contributed by atoms with van der Waals surface area (Å²) in [5.74, 6) is -0.593. The Hall–Kier alpha value is -2.88. The van der Waals surface area contributed by atoms with E-state index in [0.717, 1.165) is 61.4 Å². The summed E-state index contributed by atoms with van der Waals surface area (Å²) in [5, 5.41) is 14.8. The largest absolute Gasteiger partial charge is 0.462 e. The molecular formula is C22H25N3O3. The van der Waals surface area contributed by atoms with Crippen molar-refractivity contribution in [1.82, 2.24) is 4.90 Å². The van der Waals surface area contributed by atoms with Crippen LogP contribution in [0.15, 0.2) is 42.0 Å². The number of anilines is 1. The maximum atomic E-state index is 11.8. The molecule has 0 spiro atoms. The van der Waals surface area contributed by atoms with E-state index in [-0.39, 0.29) is 12.2 Å². The standard InChI is InChI=1S/C22H25N3O3/c1-2-28-22(26)20(16-23)14-17-3-4-19-15-21(6-5-18(19)13-17)24-7-8-25-9-11-27-12-10-25/h3-6,13-15,24H,2,7-12H2,1H3. The minimum Gasteiger partial charge on any atom is -0.462 e. The summed E-state index contributed by atoms with van der Waals surface area (Å²) < 4.78 is 10.3. The molecule has 0 atom stereocenters. The van der Waals surface area contributed by atoms with E-state index in [2.05, 4.69) is 16.3 Å². The summed E-state index contributed by atoms with van der Waals surface area (Å²) >= 11 is 0. The third kappa shape index (κ3) is 5.32. The molecule has 1 heterocycles. The zero-order valence-corrected chi connectivity index (χ0v) is 16.1. The third-order valence-electron chi connectivity index (χ3n) is 4.65. The minimum atomic E-state index is -0.593. The van der Waals surface area contributed by atoms with Gasteiger partial charge in [0, 0.05) is 31.9 Å². The van der Waals surface area contributed by atoms with Crippen molar-refractivity contribution in [3.8, 4) is 6.07 Å². The molecule has 0 aromatic heterocycles. The lowest BCUT2D eigenvalue weighted by Crippen LogP contribution is -2.38. The van der Waals surface area contributed by atoms with Crippen molar-refractivity contribution in [3.05, 3.63) is 47.5 Å². The van der Waals surface area contributed by atoms with E-state index in [1.165, 1.54) is 0 Å². The van der Waals surface area contributed by atoms with Gasteiger partial charge in [-0.25, -0.2) is 4.79 Å². The lowest BCUT2D eigenvalue weighted by molar-refractivity contribution is -0.137. The molecule has 1 aliphatic heterocycles. The lowest BCUT2D eigenvalue weighted by atomic mass is 10.0. The first-order chi connectivity index (χ1) is 13.7. The number of hydrogen-bond acceptors (Lipinski definition) is 6. The summed E-state index contributed by atoms with van der Waals surface area (Å²) in [5.41, 5.74) is 1.88. The highest BCUT2D eigenvalue weighted by Crippen LogP contribution is 2.22. The van der Waals surface area contributed by atoms with Gasteiger partial charge in [0.05, 0.1) is 19.8 Å². The monoisotopic (exact) mass is 379 g/mol. The van der Waals surface area contributed by atoms with E-state index in [9.17, 15) is 10.1 Å². The Morgan fingerprint density at radius 1 is 1.25 bits per heavy atom. The third-order valence-corrected chi connectivity index (χ3v) is 4.65. The number of nitriles is 1. The summed E-state index contributed by atoms with van der Waals surface area (Å²) in [6.45, 7) is 7.46. The molecule has 0 radical (unpaired) electrons. The van der Waals surface area contributed by atoms with Crippen molar-refractivity contribution in [1.29, 1.82) is 5.26 Å². The van der Waals surface area contributed by atoms with Crippen LogP contribution >= 0.6 is 0 Å². The fraction of sp³-hybridized carbons (Fsp3) is 0.364. The van der Waals surface area contributed by atoms with Crippen LogP contribution in [0.1, 0.15) is 12.5 Å². The Morgan fingerprint density at radius 3 is 2.75 bits per heavy atom. The van der Waals surface area contributed by atoms with Crippen LogP contribution in [0.5, 0.6) is 0 Å². The predicted molar refractivity (Wildman–Crippen MR) is 110 cm³/mol. The zero-order valence-electron chi connectivity index (χ0n) is 16.1. The molecule has 28 heavy (non-hydrogen) atoms. The number of esters is 1. The first-order valence-electron chi connectivity index (χ1n) is 9.56. The molecular weight excluding hydrogens is 354 g/mol. The molecule has 3 rings (SSSR count). The SMILES string of the molecule is CCOC(=O)C(C#N)=Cc1ccc2cc(NCCN3CCOCC3)ccc2c1. The number of hydrogen-bond donors (Lipinski definition) is 1. The molecule has 0 aliphatic carbocycles. The van der Waals surface area contributed by atoms with Crippen LogP contribution in [-0.4, -0.2) is 56.9 Å². The molecule has 146 valence electrons. The molecule has 2 aromatic carbocycles. The van der Waals surface area contributed by atoms with Crippen molar-refractivity contribution in [2.24, 2.45) is 0 Å². The van der Waals surface area contributed by atoms with Gasteiger partial charge in [-0.05, 0) is 47.5 Å². The lowest BCUT2D eigenvalue weighted by Gasteiger charge is -2.26. The summed E-state index contributed by atoms with van der Waals surface area (Å²) in [6, 6.07) is 14.0. The van der Waals surface area contributed by atoms with Crippen LogP contribution in [0.25, 0.3) is 16.8 Å². The maximum absolute atomic E-state index is 11.8. The maximum Gasteiger partial charge on any atom is 0.348 e. The van der Waals surface area contributed by atoms with Gasteiger partial charge in [-0.2, -0.15) is 5.26 Å². The van der Waals surface area contributed by atoms with Crippen LogP contribution in [0.2, 0.25) is 0 Å². The fourth-order valence-corrected chi connectivity index (χ4v) is 3.16. The first kappa shape index (κ1) is 19.9. The van der Waals surface area contributed by atoms with Crippen molar-refractivity contribution >= 4 is 28.5 Å². The van der Waals surface area contributed by atoms with E-state index in [1.54, 1.807) is 13.0 Å². The van der Waals surface area contributed by atoms with Crippen molar-refractivity contribution in [2.75, 3.05) is 51.3 Å². The Labute approximate surface area is 165 Å². The van der Waals surface area contributed by atoms with Gasteiger partial charge < -0.3 is 14.8 Å². The molecule has 1 aliphatic rings. The van der Waals surface area contributed by atoms with Gasteiger partial charge in [-0.1, -0.05) is 18.2 Å². The topological polar surface area (TPSA) is 74.6 Å². The number of carbonyl (C=O) groups excluding carboxylic acids is 1. The van der Waals surface area contributed by atoms with Crippen molar-refractivity contribution in [3.63, 3.8) is 0 Å². The summed E-state index contributed by atoms with van der Waals surface area (Å²) in [6.07, 6.45) is 1.56. The average Bonchev–Trinajstić information content (AvgIpc) is 2.73. The van der Waals surface area contributed by atoms with E-state index in [1.807, 2.05) is 36.4 Å². The second-order valence-electron chi connectivity index (χ2n) is 6.59. The van der Waals surface area contributed by atoms with Crippen LogP contribution in [-0.2, 0) is 14.3 Å². The second kappa shape index (κ2) is 9.88. The Balaban J connectivity index is 1.66. The van der Waals surface area contributed by atoms with E-state index < -0.39 is 5.97 Å². The highest BCUT2D eigenvalue weighted by atomic mass is 16.5. The molecule has 6 heteroatoms. The van der Waals surface area contributed by atoms with Gasteiger partial charge in [-0.15, -0.1) is 0 Å². The number of nitrogens with one attached hydrogen (secondary N) is 1. The Bertz CT molecular complexity index is 896. The fourth-order valence-electron chi connectivity index (χ4n) is 3.16. The number of carbonyl (C=O) groups is 1. The van der Waals surface area contributed by atoms with Crippen LogP contribution in [0.3, 0.4) is 0 Å². The summed E-state index contributed by atoms with van der Waals surface area (Å²) in [7, 11) is 0. The smallest absolute Gasteiger partial charge is 0.348 e. The highest BCUT2D eigenvalue weighted by molar-refractivity contribution is 5.98. The molecule has 1 N–H and O–H groups in total. The predicted octanol–water partition coefficient (Wildman–Crippen LogP) is 3.05. The quantitative estimate of drug-likeness (QED) is 0.453. The molecule has 1 saturated heterocycles. The second-order valence-corrected chi connectivity index (χ2v) is 6.59. The normalized spacial score (nSPS) is 15.2. The van der Waals surface area contributed by atoms with Crippen LogP contribution < -0.4 is 5.32 Å². The molecule has 0 bridgehead atoms. The summed E-state index contributed by atoms with van der Waals surface area (Å²) in [4.78, 5) is 14.2. The van der Waals surface area contributed by atoms with Gasteiger partial charge in [0.15, 0.2) is 0 Å². The van der Waals surface area contributed by atoms with E-state index in [4.69, 9.17) is 9.47 Å². The van der Waals surface area contributed by atoms with Crippen molar-refractivity contribution < 1.29 is 14.3 Å². The highest BCUT2D eigenvalue weighted by Gasteiger charge is 2.10.